The zero-order valence-corrected chi connectivity index (χ0v) is 13.2. The van der Waals surface area contributed by atoms with Gasteiger partial charge in [-0.3, -0.25) is 9.00 Å². The minimum atomic E-state index is -1.49. The van der Waals surface area contributed by atoms with Crippen LogP contribution in [0.15, 0.2) is 18.2 Å². The number of amides is 1. The molecule has 0 radical (unpaired) electrons. The van der Waals surface area contributed by atoms with Crippen LogP contribution in [0.5, 0.6) is 5.75 Å². The number of carbonyl (C=O) groups is 2. The normalized spacial score (nSPS) is 13.3. The summed E-state index contributed by atoms with van der Waals surface area (Å²) in [5, 5.41) is 11.7. The second-order valence-electron chi connectivity index (χ2n) is 4.30. The molecule has 0 saturated heterocycles. The topological polar surface area (TPSA) is 92.7 Å². The second kappa shape index (κ2) is 7.99. The number of carbonyl (C=O) groups excluding carboxylic acids is 1. The quantitative estimate of drug-likeness (QED) is 0.781. The summed E-state index contributed by atoms with van der Waals surface area (Å²) in [5.74, 6) is -1.28. The third-order valence-electron chi connectivity index (χ3n) is 2.59. The van der Waals surface area contributed by atoms with Crippen LogP contribution in [0.3, 0.4) is 0 Å². The first kappa shape index (κ1) is 17.5. The van der Waals surface area contributed by atoms with E-state index in [0.717, 1.165) is 0 Å². The Balaban J connectivity index is 2.78. The van der Waals surface area contributed by atoms with Crippen molar-refractivity contribution in [3.63, 3.8) is 0 Å². The standard InChI is InChI=1S/C13H16ClNO5S/c1-8(16)15-11(13(17)18)7-21(19)6-9-5-10(14)3-4-12(9)20-2/h3-5,11H,6-7H2,1-2H3,(H,15,16)(H,17,18). The van der Waals surface area contributed by atoms with E-state index in [1.165, 1.54) is 14.0 Å². The Hall–Kier alpha value is -1.60. The average molecular weight is 334 g/mol. The molecule has 1 aromatic rings. The summed E-state index contributed by atoms with van der Waals surface area (Å²) >= 11 is 5.88. The highest BCUT2D eigenvalue weighted by molar-refractivity contribution is 7.84. The van der Waals surface area contributed by atoms with Crippen LogP contribution in [0.4, 0.5) is 0 Å². The van der Waals surface area contributed by atoms with Gasteiger partial charge in [-0.05, 0) is 18.2 Å². The summed E-state index contributed by atoms with van der Waals surface area (Å²) in [5.41, 5.74) is 0.621. The van der Waals surface area contributed by atoms with E-state index >= 15 is 0 Å². The van der Waals surface area contributed by atoms with Gasteiger partial charge in [-0.25, -0.2) is 4.79 Å². The Morgan fingerprint density at radius 2 is 2.14 bits per heavy atom. The summed E-state index contributed by atoms with van der Waals surface area (Å²) in [6.07, 6.45) is 0. The van der Waals surface area contributed by atoms with Crippen LogP contribution < -0.4 is 10.1 Å². The Kier molecular flexibility index (Phi) is 6.64. The molecule has 0 fully saturated rings. The maximum Gasteiger partial charge on any atom is 0.327 e. The van der Waals surface area contributed by atoms with Crippen LogP contribution in [0.1, 0.15) is 12.5 Å². The molecule has 0 bridgehead atoms. The number of carboxylic acids is 1. The summed E-state index contributed by atoms with van der Waals surface area (Å²) in [7, 11) is -0.0132. The highest BCUT2D eigenvalue weighted by Gasteiger charge is 2.22. The monoisotopic (exact) mass is 333 g/mol. The lowest BCUT2D eigenvalue weighted by molar-refractivity contribution is -0.140. The largest absolute Gasteiger partial charge is 0.496 e. The lowest BCUT2D eigenvalue weighted by atomic mass is 10.2. The molecule has 2 atom stereocenters. The number of methoxy groups -OCH3 is 1. The molecule has 2 N–H and O–H groups in total. The highest BCUT2D eigenvalue weighted by atomic mass is 35.5. The van der Waals surface area contributed by atoms with Crippen molar-refractivity contribution < 1.29 is 23.6 Å². The van der Waals surface area contributed by atoms with Crippen LogP contribution in [-0.4, -0.2) is 40.1 Å². The van der Waals surface area contributed by atoms with E-state index < -0.39 is 28.7 Å². The molecule has 1 amide bonds. The number of hydrogen-bond acceptors (Lipinski definition) is 4. The molecule has 0 saturated carbocycles. The Labute approximate surface area is 129 Å². The maximum atomic E-state index is 12.1. The molecular weight excluding hydrogens is 318 g/mol. The zero-order valence-electron chi connectivity index (χ0n) is 11.6. The molecule has 8 heteroatoms. The molecule has 2 unspecified atom stereocenters. The van der Waals surface area contributed by atoms with Gasteiger partial charge in [0, 0.05) is 28.3 Å². The van der Waals surface area contributed by atoms with Gasteiger partial charge in [0.25, 0.3) is 0 Å². The van der Waals surface area contributed by atoms with Gasteiger partial charge in [0.2, 0.25) is 5.91 Å². The van der Waals surface area contributed by atoms with Crippen molar-refractivity contribution >= 4 is 34.3 Å². The maximum absolute atomic E-state index is 12.1. The van der Waals surface area contributed by atoms with Crippen molar-refractivity contribution in [3.8, 4) is 5.75 Å². The van der Waals surface area contributed by atoms with Gasteiger partial charge in [-0.1, -0.05) is 11.6 Å². The molecule has 0 aliphatic carbocycles. The molecule has 0 spiro atoms. The predicted octanol–water partition coefficient (Wildman–Crippen LogP) is 1.19. The van der Waals surface area contributed by atoms with Gasteiger partial charge in [-0.2, -0.15) is 0 Å². The Morgan fingerprint density at radius 1 is 1.48 bits per heavy atom. The number of ether oxygens (including phenoxy) is 1. The fraction of sp³-hybridized carbons (Fsp3) is 0.385. The van der Waals surface area contributed by atoms with Gasteiger partial charge in [0.1, 0.15) is 11.8 Å². The van der Waals surface area contributed by atoms with Crippen molar-refractivity contribution in [2.24, 2.45) is 0 Å². The van der Waals surface area contributed by atoms with Crippen molar-refractivity contribution in [2.75, 3.05) is 12.9 Å². The van der Waals surface area contributed by atoms with Crippen LogP contribution in [0.25, 0.3) is 0 Å². The Bertz CT molecular complexity index is 563. The average Bonchev–Trinajstić information content (AvgIpc) is 2.37. The molecule has 0 aliphatic heterocycles. The number of rotatable bonds is 7. The number of benzene rings is 1. The number of hydrogen-bond donors (Lipinski definition) is 2. The molecule has 1 rings (SSSR count). The fourth-order valence-corrected chi connectivity index (χ4v) is 3.18. The van der Waals surface area contributed by atoms with Gasteiger partial charge >= 0.3 is 5.97 Å². The number of halogens is 1. The van der Waals surface area contributed by atoms with Gasteiger partial charge < -0.3 is 15.2 Å². The van der Waals surface area contributed by atoms with Crippen LogP contribution in [0, 0.1) is 0 Å². The van der Waals surface area contributed by atoms with Gasteiger partial charge in [0.05, 0.1) is 18.6 Å². The molecule has 21 heavy (non-hydrogen) atoms. The predicted molar refractivity (Wildman–Crippen MR) is 80.0 cm³/mol. The molecule has 6 nitrogen and oxygen atoms in total. The van der Waals surface area contributed by atoms with E-state index in [1.54, 1.807) is 18.2 Å². The minimum Gasteiger partial charge on any atom is -0.496 e. The number of aliphatic carboxylic acids is 1. The zero-order chi connectivity index (χ0) is 16.0. The van der Waals surface area contributed by atoms with E-state index in [1.807, 2.05) is 0 Å². The molecular formula is C13H16ClNO5S. The second-order valence-corrected chi connectivity index (χ2v) is 6.24. The fourth-order valence-electron chi connectivity index (χ4n) is 1.70. The van der Waals surface area contributed by atoms with E-state index in [4.69, 9.17) is 21.4 Å². The third-order valence-corrected chi connectivity index (χ3v) is 4.16. The van der Waals surface area contributed by atoms with Gasteiger partial charge in [0.15, 0.2) is 0 Å². The van der Waals surface area contributed by atoms with Crippen molar-refractivity contribution in [1.29, 1.82) is 0 Å². The molecule has 0 aliphatic rings. The SMILES string of the molecule is COc1ccc(Cl)cc1CS(=O)CC(NC(C)=O)C(=O)O. The van der Waals surface area contributed by atoms with Crippen LogP contribution in [-0.2, 0) is 26.1 Å². The smallest absolute Gasteiger partial charge is 0.327 e. The van der Waals surface area contributed by atoms with Crippen LogP contribution in [0.2, 0.25) is 5.02 Å². The van der Waals surface area contributed by atoms with Crippen molar-refractivity contribution in [2.45, 2.75) is 18.7 Å². The first-order chi connectivity index (χ1) is 9.83. The van der Waals surface area contributed by atoms with Crippen molar-refractivity contribution in [1.82, 2.24) is 5.32 Å². The van der Waals surface area contributed by atoms with E-state index in [9.17, 15) is 13.8 Å². The minimum absolute atomic E-state index is 0.0904. The summed E-state index contributed by atoms with van der Waals surface area (Å²) < 4.78 is 17.2. The van der Waals surface area contributed by atoms with E-state index in [0.29, 0.717) is 16.3 Å². The Morgan fingerprint density at radius 3 is 2.67 bits per heavy atom. The van der Waals surface area contributed by atoms with E-state index in [-0.39, 0.29) is 11.5 Å². The van der Waals surface area contributed by atoms with E-state index in [2.05, 4.69) is 5.32 Å². The molecule has 1 aromatic carbocycles. The summed E-state index contributed by atoms with van der Waals surface area (Å²) in [6, 6.07) is 3.72. The summed E-state index contributed by atoms with van der Waals surface area (Å²) in [6.45, 7) is 1.21. The number of nitrogens with one attached hydrogen (secondary N) is 1. The highest BCUT2D eigenvalue weighted by Crippen LogP contribution is 2.24. The third kappa shape index (κ3) is 5.73. The van der Waals surface area contributed by atoms with Gasteiger partial charge in [-0.15, -0.1) is 0 Å². The van der Waals surface area contributed by atoms with Crippen LogP contribution >= 0.6 is 11.6 Å². The summed E-state index contributed by atoms with van der Waals surface area (Å²) in [4.78, 5) is 21.9. The first-order valence-corrected chi connectivity index (χ1v) is 7.87. The number of carboxylic acid groups (broad SMARTS) is 1. The molecule has 0 aromatic heterocycles. The van der Waals surface area contributed by atoms with Crippen molar-refractivity contribution in [3.05, 3.63) is 28.8 Å². The molecule has 116 valence electrons. The lowest BCUT2D eigenvalue weighted by Gasteiger charge is -2.14. The first-order valence-electron chi connectivity index (χ1n) is 6.00. The lowest BCUT2D eigenvalue weighted by Crippen LogP contribution is -2.43. The molecule has 0 heterocycles.